The minimum Gasteiger partial charge on any atom is -0.347 e. The molecule has 148 valence electrons. The summed E-state index contributed by atoms with van der Waals surface area (Å²) in [6.07, 6.45) is 6.77. The first kappa shape index (κ1) is 20.1. The highest BCUT2D eigenvalue weighted by molar-refractivity contribution is 7.80. The van der Waals surface area contributed by atoms with Crippen molar-refractivity contribution in [3.63, 3.8) is 0 Å². The molecule has 1 saturated heterocycles. The van der Waals surface area contributed by atoms with Crippen molar-refractivity contribution in [2.75, 3.05) is 31.5 Å². The van der Waals surface area contributed by atoms with Crippen LogP contribution in [-0.4, -0.2) is 47.0 Å². The molecule has 4 nitrogen and oxygen atoms in total. The van der Waals surface area contributed by atoms with Crippen LogP contribution in [0.3, 0.4) is 0 Å². The number of hydrogen-bond acceptors (Lipinski definition) is 2. The van der Waals surface area contributed by atoms with Crippen molar-refractivity contribution >= 4 is 28.9 Å². The van der Waals surface area contributed by atoms with E-state index in [0.717, 1.165) is 49.8 Å². The van der Waals surface area contributed by atoms with Crippen molar-refractivity contribution in [3.8, 4) is 0 Å². The van der Waals surface area contributed by atoms with Crippen molar-refractivity contribution in [1.29, 1.82) is 0 Å². The molecule has 27 heavy (non-hydrogen) atoms. The third kappa shape index (κ3) is 5.68. The van der Waals surface area contributed by atoms with E-state index in [4.69, 9.17) is 12.2 Å². The smallest absolute Gasteiger partial charge is 0.222 e. The number of nitrogens with zero attached hydrogens (tertiary/aromatic N) is 2. The number of carbonyl (C=O) groups excluding carboxylic acids is 1. The number of benzene rings is 1. The van der Waals surface area contributed by atoms with Crippen LogP contribution in [0.15, 0.2) is 24.3 Å². The normalized spacial score (nSPS) is 18.6. The average Bonchev–Trinajstić information content (AvgIpc) is 3.03. The molecular weight excluding hydrogens is 354 g/mol. The van der Waals surface area contributed by atoms with E-state index in [1.807, 2.05) is 0 Å². The third-order valence-electron chi connectivity index (χ3n) is 5.90. The van der Waals surface area contributed by atoms with Gasteiger partial charge in [0, 0.05) is 38.3 Å². The van der Waals surface area contributed by atoms with Crippen LogP contribution < -0.4 is 5.32 Å². The summed E-state index contributed by atoms with van der Waals surface area (Å²) < 4.78 is 0. The molecule has 2 aliphatic rings. The van der Waals surface area contributed by atoms with Gasteiger partial charge in [-0.15, -0.1) is 0 Å². The van der Waals surface area contributed by atoms with Crippen LogP contribution in [-0.2, 0) is 4.79 Å². The molecule has 1 amide bonds. The molecule has 1 N–H and O–H groups in total. The molecule has 1 heterocycles. The molecule has 1 aromatic rings. The molecule has 3 rings (SSSR count). The Kier molecular flexibility index (Phi) is 7.11. The SMILES string of the molecule is CC(C)c1ccc(NC(=S)N2CCCN(C(=O)CC3CCCC3)CC2)cc1. The van der Waals surface area contributed by atoms with Gasteiger partial charge < -0.3 is 15.1 Å². The Hall–Kier alpha value is -1.62. The molecule has 0 atom stereocenters. The zero-order valence-electron chi connectivity index (χ0n) is 16.7. The second-order valence-electron chi connectivity index (χ2n) is 8.28. The maximum absolute atomic E-state index is 12.6. The van der Waals surface area contributed by atoms with Gasteiger partial charge in [0.1, 0.15) is 0 Å². The number of hydrogen-bond donors (Lipinski definition) is 1. The van der Waals surface area contributed by atoms with E-state index in [0.29, 0.717) is 17.7 Å². The summed E-state index contributed by atoms with van der Waals surface area (Å²) in [5.41, 5.74) is 2.36. The summed E-state index contributed by atoms with van der Waals surface area (Å²) in [6.45, 7) is 7.75. The van der Waals surface area contributed by atoms with Crippen LogP contribution in [0.1, 0.15) is 63.9 Å². The third-order valence-corrected chi connectivity index (χ3v) is 6.26. The van der Waals surface area contributed by atoms with Gasteiger partial charge in [-0.3, -0.25) is 4.79 Å². The largest absolute Gasteiger partial charge is 0.347 e. The maximum atomic E-state index is 12.6. The summed E-state index contributed by atoms with van der Waals surface area (Å²) in [4.78, 5) is 16.9. The fraction of sp³-hybridized carbons (Fsp3) is 0.636. The zero-order chi connectivity index (χ0) is 19.2. The van der Waals surface area contributed by atoms with Gasteiger partial charge in [-0.25, -0.2) is 0 Å². The van der Waals surface area contributed by atoms with E-state index >= 15 is 0 Å². The van der Waals surface area contributed by atoms with Crippen molar-refractivity contribution in [2.24, 2.45) is 5.92 Å². The predicted octanol–water partition coefficient (Wildman–Crippen LogP) is 4.62. The summed E-state index contributed by atoms with van der Waals surface area (Å²) >= 11 is 5.63. The highest BCUT2D eigenvalue weighted by Crippen LogP contribution is 2.28. The van der Waals surface area contributed by atoms with E-state index in [1.54, 1.807) is 0 Å². The van der Waals surface area contributed by atoms with E-state index in [-0.39, 0.29) is 0 Å². The lowest BCUT2D eigenvalue weighted by atomic mass is 10.0. The second-order valence-corrected chi connectivity index (χ2v) is 8.67. The molecule has 0 unspecified atom stereocenters. The summed E-state index contributed by atoms with van der Waals surface area (Å²) in [5.74, 6) is 1.49. The molecule has 0 aromatic heterocycles. The molecule has 1 aliphatic heterocycles. The summed E-state index contributed by atoms with van der Waals surface area (Å²) in [7, 11) is 0. The second kappa shape index (κ2) is 9.54. The Bertz CT molecular complexity index is 637. The zero-order valence-corrected chi connectivity index (χ0v) is 17.6. The summed E-state index contributed by atoms with van der Waals surface area (Å²) in [5, 5.41) is 4.12. The predicted molar refractivity (Wildman–Crippen MR) is 116 cm³/mol. The highest BCUT2D eigenvalue weighted by atomic mass is 32.1. The first-order valence-electron chi connectivity index (χ1n) is 10.5. The van der Waals surface area contributed by atoms with Gasteiger partial charge in [0.2, 0.25) is 5.91 Å². The molecule has 1 aliphatic carbocycles. The molecule has 5 heteroatoms. The topological polar surface area (TPSA) is 35.6 Å². The number of nitrogens with one attached hydrogen (secondary N) is 1. The molecule has 1 saturated carbocycles. The molecule has 0 spiro atoms. The van der Waals surface area contributed by atoms with Crippen molar-refractivity contribution in [1.82, 2.24) is 9.80 Å². The van der Waals surface area contributed by atoms with Crippen LogP contribution in [0, 0.1) is 5.92 Å². The standard InChI is InChI=1S/C22H33N3OS/c1-17(2)19-8-10-20(11-9-19)23-22(27)25-13-5-12-24(14-15-25)21(26)16-18-6-3-4-7-18/h8-11,17-18H,3-7,12-16H2,1-2H3,(H,23,27). The molecule has 1 aromatic carbocycles. The molecule has 2 fully saturated rings. The van der Waals surface area contributed by atoms with Gasteiger partial charge in [0.25, 0.3) is 0 Å². The Labute approximate surface area is 169 Å². The fourth-order valence-corrected chi connectivity index (χ4v) is 4.41. The van der Waals surface area contributed by atoms with Gasteiger partial charge in [0.15, 0.2) is 5.11 Å². The number of rotatable bonds is 4. The number of thiocarbonyl (C=S) groups is 1. The van der Waals surface area contributed by atoms with Crippen LogP contribution >= 0.6 is 12.2 Å². The van der Waals surface area contributed by atoms with Gasteiger partial charge in [0.05, 0.1) is 0 Å². The lowest BCUT2D eigenvalue weighted by Crippen LogP contribution is -2.39. The maximum Gasteiger partial charge on any atom is 0.222 e. The van der Waals surface area contributed by atoms with Crippen molar-refractivity contribution in [2.45, 2.75) is 58.3 Å². The molecule has 0 bridgehead atoms. The highest BCUT2D eigenvalue weighted by Gasteiger charge is 2.24. The van der Waals surface area contributed by atoms with E-state index in [1.165, 1.54) is 31.2 Å². The number of anilines is 1. The minimum atomic E-state index is 0.340. The number of carbonyl (C=O) groups is 1. The Morgan fingerprint density at radius 3 is 2.33 bits per heavy atom. The summed E-state index contributed by atoms with van der Waals surface area (Å²) in [6, 6.07) is 8.50. The van der Waals surface area contributed by atoms with Crippen LogP contribution in [0.5, 0.6) is 0 Å². The van der Waals surface area contributed by atoms with Gasteiger partial charge in [-0.1, -0.05) is 38.8 Å². The van der Waals surface area contributed by atoms with Crippen LogP contribution in [0.4, 0.5) is 5.69 Å². The molecule has 0 radical (unpaired) electrons. The fourth-order valence-electron chi connectivity index (χ4n) is 4.11. The first-order valence-corrected chi connectivity index (χ1v) is 10.9. The minimum absolute atomic E-state index is 0.340. The van der Waals surface area contributed by atoms with Crippen molar-refractivity contribution in [3.05, 3.63) is 29.8 Å². The monoisotopic (exact) mass is 387 g/mol. The quantitative estimate of drug-likeness (QED) is 0.765. The van der Waals surface area contributed by atoms with Crippen LogP contribution in [0.25, 0.3) is 0 Å². The Balaban J connectivity index is 1.49. The Morgan fingerprint density at radius 2 is 1.67 bits per heavy atom. The Morgan fingerprint density at radius 1 is 1.04 bits per heavy atom. The van der Waals surface area contributed by atoms with E-state index in [9.17, 15) is 4.79 Å². The lowest BCUT2D eigenvalue weighted by molar-refractivity contribution is -0.132. The van der Waals surface area contributed by atoms with Crippen LogP contribution in [0.2, 0.25) is 0 Å². The van der Waals surface area contributed by atoms with Gasteiger partial charge >= 0.3 is 0 Å². The lowest BCUT2D eigenvalue weighted by Gasteiger charge is -2.25. The van der Waals surface area contributed by atoms with Gasteiger partial charge in [-0.2, -0.15) is 0 Å². The molecular formula is C22H33N3OS. The first-order chi connectivity index (χ1) is 13.0. The number of amides is 1. The van der Waals surface area contributed by atoms with E-state index < -0.39 is 0 Å². The van der Waals surface area contributed by atoms with E-state index in [2.05, 4.69) is 53.2 Å². The van der Waals surface area contributed by atoms with Gasteiger partial charge in [-0.05, 0) is 61.0 Å². The van der Waals surface area contributed by atoms with Crippen molar-refractivity contribution < 1.29 is 4.79 Å². The average molecular weight is 388 g/mol.